The van der Waals surface area contributed by atoms with E-state index in [-0.39, 0.29) is 5.91 Å². The number of hydrogen-bond donors (Lipinski definition) is 1. The molecule has 0 saturated carbocycles. The molecule has 186 valence electrons. The minimum Gasteiger partial charge on any atom is -0.351 e. The third-order valence-corrected chi connectivity index (χ3v) is 7.87. The number of piperidine rings is 1. The van der Waals surface area contributed by atoms with Crippen LogP contribution in [0.1, 0.15) is 45.6 Å². The standard InChI is InChI=1S/C32H37N3O/c1-24-25(2)35(23-28-11-7-4-8-12-28)31-14-13-29(22-30(24)31)32(36)33-17-20-34-18-15-27(16-19-34)21-26-9-5-3-6-10-26/h3-14,22,27H,15-21,23H2,1-2H3,(H,33,36). The lowest BCUT2D eigenvalue weighted by atomic mass is 9.90. The number of rotatable bonds is 8. The number of fused-ring (bicyclic) bond motifs is 1. The Kier molecular flexibility index (Phi) is 7.52. The fraction of sp³-hybridized carbons (Fsp3) is 0.344. The molecule has 4 aromatic rings. The van der Waals surface area contributed by atoms with Crippen molar-refractivity contribution in [1.82, 2.24) is 14.8 Å². The average Bonchev–Trinajstić information content (AvgIpc) is 3.15. The number of aryl methyl sites for hydroxylation is 1. The Balaban J connectivity index is 1.14. The smallest absolute Gasteiger partial charge is 0.251 e. The van der Waals surface area contributed by atoms with Crippen molar-refractivity contribution < 1.29 is 4.79 Å². The highest BCUT2D eigenvalue weighted by atomic mass is 16.1. The maximum absolute atomic E-state index is 12.9. The lowest BCUT2D eigenvalue weighted by Gasteiger charge is -2.32. The maximum Gasteiger partial charge on any atom is 0.251 e. The van der Waals surface area contributed by atoms with Gasteiger partial charge in [0.15, 0.2) is 0 Å². The lowest BCUT2D eigenvalue weighted by molar-refractivity contribution is 0.0944. The van der Waals surface area contributed by atoms with Crippen molar-refractivity contribution in [3.8, 4) is 0 Å². The van der Waals surface area contributed by atoms with E-state index < -0.39 is 0 Å². The molecule has 1 fully saturated rings. The number of nitrogens with one attached hydrogen (secondary N) is 1. The van der Waals surface area contributed by atoms with Gasteiger partial charge in [-0.2, -0.15) is 0 Å². The summed E-state index contributed by atoms with van der Waals surface area (Å²) >= 11 is 0. The second-order valence-electron chi connectivity index (χ2n) is 10.2. The first-order valence-electron chi connectivity index (χ1n) is 13.3. The molecule has 4 nitrogen and oxygen atoms in total. The van der Waals surface area contributed by atoms with Crippen molar-refractivity contribution in [2.24, 2.45) is 5.92 Å². The van der Waals surface area contributed by atoms with Crippen LogP contribution in [0.25, 0.3) is 10.9 Å². The summed E-state index contributed by atoms with van der Waals surface area (Å²) in [5.74, 6) is 0.787. The van der Waals surface area contributed by atoms with Crippen molar-refractivity contribution in [3.05, 3.63) is 107 Å². The molecule has 0 spiro atoms. The minimum absolute atomic E-state index is 0.0173. The summed E-state index contributed by atoms with van der Waals surface area (Å²) in [6.07, 6.45) is 3.65. The SMILES string of the molecule is Cc1c(C)n(Cc2ccccc2)c2ccc(C(=O)NCCN3CCC(Cc4ccccc4)CC3)cc12. The van der Waals surface area contributed by atoms with Gasteiger partial charge in [-0.05, 0) is 87.0 Å². The second kappa shape index (κ2) is 11.1. The molecule has 1 saturated heterocycles. The molecule has 3 aromatic carbocycles. The molecule has 1 aliphatic rings. The summed E-state index contributed by atoms with van der Waals surface area (Å²) in [7, 11) is 0. The lowest BCUT2D eigenvalue weighted by Crippen LogP contribution is -2.39. The normalized spacial score (nSPS) is 14.8. The molecule has 0 radical (unpaired) electrons. The fourth-order valence-corrected chi connectivity index (χ4v) is 5.55. The molecule has 1 aliphatic heterocycles. The molecule has 1 amide bonds. The molecule has 5 rings (SSSR count). The summed E-state index contributed by atoms with van der Waals surface area (Å²) in [5, 5.41) is 4.32. The molecule has 1 N–H and O–H groups in total. The van der Waals surface area contributed by atoms with Crippen LogP contribution in [0.2, 0.25) is 0 Å². The van der Waals surface area contributed by atoms with E-state index in [0.717, 1.165) is 43.0 Å². The molecule has 0 atom stereocenters. The summed E-state index contributed by atoms with van der Waals surface area (Å²) in [6, 6.07) is 27.5. The highest BCUT2D eigenvalue weighted by Crippen LogP contribution is 2.27. The van der Waals surface area contributed by atoms with Gasteiger partial charge in [0.2, 0.25) is 0 Å². The van der Waals surface area contributed by atoms with E-state index >= 15 is 0 Å². The number of hydrogen-bond acceptors (Lipinski definition) is 2. The Hall–Kier alpha value is -3.37. The Morgan fingerprint density at radius 3 is 2.25 bits per heavy atom. The van der Waals surface area contributed by atoms with Crippen LogP contribution in [0.5, 0.6) is 0 Å². The number of benzene rings is 3. The first-order chi connectivity index (χ1) is 17.6. The first-order valence-corrected chi connectivity index (χ1v) is 13.3. The summed E-state index contributed by atoms with van der Waals surface area (Å²) in [5.41, 5.74) is 7.15. The van der Waals surface area contributed by atoms with Crippen molar-refractivity contribution >= 4 is 16.8 Å². The van der Waals surface area contributed by atoms with E-state index in [0.29, 0.717) is 6.54 Å². The second-order valence-corrected chi connectivity index (χ2v) is 10.2. The molecule has 36 heavy (non-hydrogen) atoms. The zero-order valence-electron chi connectivity index (χ0n) is 21.5. The Bertz CT molecular complexity index is 1300. The van der Waals surface area contributed by atoms with Crippen LogP contribution >= 0.6 is 0 Å². The van der Waals surface area contributed by atoms with Gasteiger partial charge < -0.3 is 14.8 Å². The van der Waals surface area contributed by atoms with E-state index in [9.17, 15) is 4.79 Å². The van der Waals surface area contributed by atoms with Crippen molar-refractivity contribution in [2.45, 2.75) is 39.7 Å². The third-order valence-electron chi connectivity index (χ3n) is 7.87. The molecular formula is C32H37N3O. The summed E-state index contributed by atoms with van der Waals surface area (Å²) in [4.78, 5) is 15.4. The molecule has 1 aromatic heterocycles. The molecular weight excluding hydrogens is 442 g/mol. The highest BCUT2D eigenvalue weighted by Gasteiger charge is 2.20. The molecule has 0 unspecified atom stereocenters. The Labute approximate surface area is 214 Å². The molecule has 0 bridgehead atoms. The largest absolute Gasteiger partial charge is 0.351 e. The average molecular weight is 480 g/mol. The van der Waals surface area contributed by atoms with Crippen LogP contribution in [-0.4, -0.2) is 41.6 Å². The van der Waals surface area contributed by atoms with E-state index in [1.165, 1.54) is 47.2 Å². The van der Waals surface area contributed by atoms with Gasteiger partial charge >= 0.3 is 0 Å². The van der Waals surface area contributed by atoms with E-state index in [1.807, 2.05) is 12.1 Å². The molecule has 0 aliphatic carbocycles. The van der Waals surface area contributed by atoms with Crippen LogP contribution in [0.3, 0.4) is 0 Å². The zero-order chi connectivity index (χ0) is 24.9. The highest BCUT2D eigenvalue weighted by molar-refractivity contribution is 5.99. The van der Waals surface area contributed by atoms with Crippen LogP contribution in [0.4, 0.5) is 0 Å². The maximum atomic E-state index is 12.9. The third kappa shape index (κ3) is 5.55. The number of aromatic nitrogens is 1. The van der Waals surface area contributed by atoms with Crippen LogP contribution in [-0.2, 0) is 13.0 Å². The van der Waals surface area contributed by atoms with Crippen molar-refractivity contribution in [3.63, 3.8) is 0 Å². The Morgan fingerprint density at radius 2 is 1.56 bits per heavy atom. The monoisotopic (exact) mass is 479 g/mol. The number of amides is 1. The number of carbonyl (C=O) groups excluding carboxylic acids is 1. The predicted octanol–water partition coefficient (Wildman–Crippen LogP) is 5.99. The van der Waals surface area contributed by atoms with Gasteiger partial charge in [0.05, 0.1) is 0 Å². The quantitative estimate of drug-likeness (QED) is 0.337. The van der Waals surface area contributed by atoms with Gasteiger partial charge in [0.25, 0.3) is 5.91 Å². The molecule has 4 heteroatoms. The topological polar surface area (TPSA) is 37.3 Å². The first kappa shape index (κ1) is 24.3. The summed E-state index contributed by atoms with van der Waals surface area (Å²) < 4.78 is 2.35. The number of likely N-dealkylation sites (tertiary alicyclic amines) is 1. The van der Waals surface area contributed by atoms with Gasteiger partial charge in [-0.25, -0.2) is 0 Å². The number of nitrogens with zero attached hydrogens (tertiary/aromatic N) is 2. The summed E-state index contributed by atoms with van der Waals surface area (Å²) in [6.45, 7) is 9.00. The van der Waals surface area contributed by atoms with E-state index in [1.54, 1.807) is 0 Å². The van der Waals surface area contributed by atoms with Crippen LogP contribution < -0.4 is 5.32 Å². The van der Waals surface area contributed by atoms with Crippen molar-refractivity contribution in [2.75, 3.05) is 26.2 Å². The van der Waals surface area contributed by atoms with Gasteiger partial charge in [0, 0.05) is 41.8 Å². The predicted molar refractivity (Wildman–Crippen MR) is 149 cm³/mol. The zero-order valence-corrected chi connectivity index (χ0v) is 21.5. The van der Waals surface area contributed by atoms with Crippen LogP contribution in [0, 0.1) is 19.8 Å². The van der Waals surface area contributed by atoms with Crippen molar-refractivity contribution in [1.29, 1.82) is 0 Å². The fourth-order valence-electron chi connectivity index (χ4n) is 5.55. The minimum atomic E-state index is 0.0173. The number of carbonyl (C=O) groups is 1. The van der Waals surface area contributed by atoms with Gasteiger partial charge in [-0.1, -0.05) is 60.7 Å². The Morgan fingerprint density at radius 1 is 0.889 bits per heavy atom. The van der Waals surface area contributed by atoms with Crippen LogP contribution in [0.15, 0.2) is 78.9 Å². The van der Waals surface area contributed by atoms with E-state index in [4.69, 9.17) is 0 Å². The van der Waals surface area contributed by atoms with Gasteiger partial charge in [-0.3, -0.25) is 4.79 Å². The van der Waals surface area contributed by atoms with Gasteiger partial charge in [0.1, 0.15) is 0 Å². The van der Waals surface area contributed by atoms with E-state index in [2.05, 4.69) is 95.4 Å². The van der Waals surface area contributed by atoms with Gasteiger partial charge in [-0.15, -0.1) is 0 Å². The molecule has 2 heterocycles.